The summed E-state index contributed by atoms with van der Waals surface area (Å²) in [5.74, 6) is 2.66. The van der Waals surface area contributed by atoms with E-state index < -0.39 is 0 Å². The van der Waals surface area contributed by atoms with Crippen molar-refractivity contribution in [2.24, 2.45) is 23.2 Å². The molecule has 3 fully saturated rings. The number of carbonyl (C=O) groups is 1. The molecule has 2 unspecified atom stereocenters. The van der Waals surface area contributed by atoms with E-state index in [2.05, 4.69) is 0 Å². The lowest BCUT2D eigenvalue weighted by atomic mass is 9.48. The van der Waals surface area contributed by atoms with Crippen LogP contribution in [-0.4, -0.2) is 5.78 Å². The summed E-state index contributed by atoms with van der Waals surface area (Å²) < 4.78 is 0. The van der Waals surface area contributed by atoms with Crippen molar-refractivity contribution in [3.05, 3.63) is 0 Å². The summed E-state index contributed by atoms with van der Waals surface area (Å²) in [4.78, 5) is 11.7. The average Bonchev–Trinajstić information content (AvgIpc) is 2.35. The highest BCUT2D eigenvalue weighted by atomic mass is 16.1. The van der Waals surface area contributed by atoms with Gasteiger partial charge in [0.2, 0.25) is 0 Å². The molecule has 1 heteroatoms. The van der Waals surface area contributed by atoms with E-state index in [9.17, 15) is 4.79 Å². The van der Waals surface area contributed by atoms with E-state index in [1.54, 1.807) is 0 Å². The summed E-state index contributed by atoms with van der Waals surface area (Å²) in [7, 11) is 0. The Labute approximate surface area is 105 Å². The number of hydrogen-bond acceptors (Lipinski definition) is 1. The molecule has 2 atom stereocenters. The Balaban J connectivity index is 1.86. The van der Waals surface area contributed by atoms with Gasteiger partial charge in [0.15, 0.2) is 0 Å². The molecule has 0 aromatic carbocycles. The second kappa shape index (κ2) is 4.40. The molecule has 0 bridgehead atoms. The number of hydrogen-bond donors (Lipinski definition) is 0. The minimum absolute atomic E-state index is 0.411. The number of ketones is 1. The van der Waals surface area contributed by atoms with Crippen LogP contribution in [0.4, 0.5) is 0 Å². The Kier molecular flexibility index (Phi) is 3.04. The molecule has 1 spiro atoms. The van der Waals surface area contributed by atoms with Crippen molar-refractivity contribution in [1.82, 2.24) is 0 Å². The van der Waals surface area contributed by atoms with Gasteiger partial charge in [-0.2, -0.15) is 0 Å². The third-order valence-corrected chi connectivity index (χ3v) is 6.23. The molecule has 0 amide bonds. The minimum Gasteiger partial charge on any atom is -0.300 e. The van der Waals surface area contributed by atoms with Crippen molar-refractivity contribution in [1.29, 1.82) is 0 Å². The molecule has 0 saturated heterocycles. The fraction of sp³-hybridized carbons (Fsp3) is 0.938. The Morgan fingerprint density at radius 2 is 1.47 bits per heavy atom. The molecular weight excluding hydrogens is 208 g/mol. The zero-order valence-electron chi connectivity index (χ0n) is 11.2. The van der Waals surface area contributed by atoms with E-state index in [0.29, 0.717) is 17.1 Å². The maximum Gasteiger partial charge on any atom is 0.132 e. The fourth-order valence-electron chi connectivity index (χ4n) is 5.36. The second-order valence-electron chi connectivity index (χ2n) is 6.90. The van der Waals surface area contributed by atoms with Crippen molar-refractivity contribution < 1.29 is 4.79 Å². The molecule has 3 rings (SSSR count). The van der Waals surface area contributed by atoms with Gasteiger partial charge < -0.3 is 0 Å². The summed E-state index contributed by atoms with van der Waals surface area (Å²) in [6.07, 6.45) is 14.0. The molecule has 3 aliphatic carbocycles. The molecule has 0 aromatic heterocycles. The van der Waals surface area contributed by atoms with Gasteiger partial charge in [0.25, 0.3) is 0 Å². The van der Waals surface area contributed by atoms with E-state index >= 15 is 0 Å². The first-order chi connectivity index (χ1) is 8.22. The predicted octanol–water partition coefficient (Wildman–Crippen LogP) is 4.35. The van der Waals surface area contributed by atoms with Gasteiger partial charge in [0.05, 0.1) is 0 Å². The minimum atomic E-state index is 0.411. The number of rotatable bonds is 1. The van der Waals surface area contributed by atoms with Gasteiger partial charge in [-0.25, -0.2) is 0 Å². The van der Waals surface area contributed by atoms with E-state index in [4.69, 9.17) is 0 Å². The summed E-state index contributed by atoms with van der Waals surface area (Å²) in [6, 6.07) is 0. The van der Waals surface area contributed by atoms with Crippen molar-refractivity contribution in [2.45, 2.75) is 71.1 Å². The van der Waals surface area contributed by atoms with Crippen molar-refractivity contribution >= 4 is 5.78 Å². The van der Waals surface area contributed by atoms with Crippen molar-refractivity contribution in [2.75, 3.05) is 0 Å². The first-order valence-electron chi connectivity index (χ1n) is 7.73. The Bertz CT molecular complexity index is 283. The zero-order chi connectivity index (χ0) is 11.9. The summed E-state index contributed by atoms with van der Waals surface area (Å²) >= 11 is 0. The van der Waals surface area contributed by atoms with Gasteiger partial charge in [-0.05, 0) is 62.7 Å². The molecule has 0 radical (unpaired) electrons. The lowest BCUT2D eigenvalue weighted by Crippen LogP contribution is -2.48. The van der Waals surface area contributed by atoms with Crippen LogP contribution in [0.2, 0.25) is 0 Å². The van der Waals surface area contributed by atoms with E-state index in [-0.39, 0.29) is 0 Å². The van der Waals surface area contributed by atoms with Gasteiger partial charge in [-0.15, -0.1) is 0 Å². The molecule has 17 heavy (non-hydrogen) atoms. The van der Waals surface area contributed by atoms with Crippen LogP contribution in [0.25, 0.3) is 0 Å². The first kappa shape index (κ1) is 11.7. The maximum absolute atomic E-state index is 11.7. The zero-order valence-corrected chi connectivity index (χ0v) is 11.2. The van der Waals surface area contributed by atoms with Crippen molar-refractivity contribution in [3.63, 3.8) is 0 Å². The van der Waals surface area contributed by atoms with Gasteiger partial charge >= 0.3 is 0 Å². The van der Waals surface area contributed by atoms with Crippen LogP contribution in [0, 0.1) is 23.2 Å². The second-order valence-corrected chi connectivity index (χ2v) is 6.90. The molecule has 3 aliphatic rings. The molecular formula is C16H26O. The van der Waals surface area contributed by atoms with Crippen molar-refractivity contribution in [3.8, 4) is 0 Å². The normalized spacial score (nSPS) is 45.8. The van der Waals surface area contributed by atoms with Crippen LogP contribution in [0.15, 0.2) is 0 Å². The predicted molar refractivity (Wildman–Crippen MR) is 69.8 cm³/mol. The first-order valence-corrected chi connectivity index (χ1v) is 7.73. The van der Waals surface area contributed by atoms with Crippen LogP contribution in [0.1, 0.15) is 71.1 Å². The molecule has 0 heterocycles. The van der Waals surface area contributed by atoms with Crippen LogP contribution in [-0.2, 0) is 4.79 Å². The highest BCUT2D eigenvalue weighted by Gasteiger charge is 2.51. The average molecular weight is 234 g/mol. The van der Waals surface area contributed by atoms with E-state index in [1.165, 1.54) is 64.2 Å². The summed E-state index contributed by atoms with van der Waals surface area (Å²) in [5.41, 5.74) is 0.683. The summed E-state index contributed by atoms with van der Waals surface area (Å²) in [6.45, 7) is 1.82. The maximum atomic E-state index is 11.7. The monoisotopic (exact) mass is 234 g/mol. The van der Waals surface area contributed by atoms with Gasteiger partial charge in [0.1, 0.15) is 5.78 Å². The lowest BCUT2D eigenvalue weighted by molar-refractivity contribution is -0.129. The number of Topliss-reactive ketones (excluding diaryl/α,β-unsaturated/α-hetero) is 1. The third kappa shape index (κ3) is 1.86. The molecule has 0 aromatic rings. The SMILES string of the molecule is CC(=O)C1CC2CCCCC23CCCCC3C1. The van der Waals surface area contributed by atoms with Gasteiger partial charge in [0, 0.05) is 5.92 Å². The van der Waals surface area contributed by atoms with Crippen LogP contribution < -0.4 is 0 Å². The number of carbonyl (C=O) groups excluding carboxylic acids is 1. The van der Waals surface area contributed by atoms with Crippen LogP contribution in [0.3, 0.4) is 0 Å². The quantitative estimate of drug-likeness (QED) is 0.659. The Hall–Kier alpha value is -0.330. The fourth-order valence-corrected chi connectivity index (χ4v) is 5.36. The molecule has 0 N–H and O–H groups in total. The topological polar surface area (TPSA) is 17.1 Å². The van der Waals surface area contributed by atoms with E-state index in [0.717, 1.165) is 11.8 Å². The molecule has 1 nitrogen and oxygen atoms in total. The standard InChI is InChI=1S/C16H26O/c1-12(17)13-10-14-6-2-4-8-16(14)9-5-3-7-15(16)11-13/h13-15H,2-11H2,1H3. The third-order valence-electron chi connectivity index (χ3n) is 6.23. The van der Waals surface area contributed by atoms with E-state index in [1.807, 2.05) is 6.92 Å². The highest BCUT2D eigenvalue weighted by molar-refractivity contribution is 5.78. The highest BCUT2D eigenvalue weighted by Crippen LogP contribution is 2.60. The Morgan fingerprint density at radius 3 is 1.94 bits per heavy atom. The Morgan fingerprint density at radius 1 is 0.941 bits per heavy atom. The van der Waals surface area contributed by atoms with Crippen LogP contribution in [0.5, 0.6) is 0 Å². The molecule has 96 valence electrons. The largest absolute Gasteiger partial charge is 0.300 e. The lowest BCUT2D eigenvalue weighted by Gasteiger charge is -2.56. The smallest absolute Gasteiger partial charge is 0.132 e. The van der Waals surface area contributed by atoms with Crippen LogP contribution >= 0.6 is 0 Å². The van der Waals surface area contributed by atoms with Gasteiger partial charge in [-0.3, -0.25) is 4.79 Å². The van der Waals surface area contributed by atoms with Gasteiger partial charge in [-0.1, -0.05) is 25.7 Å². The molecule has 3 saturated carbocycles. The summed E-state index contributed by atoms with van der Waals surface area (Å²) in [5, 5.41) is 0. The molecule has 0 aliphatic heterocycles.